The normalized spacial score (nSPS) is 21.4. The predicted molar refractivity (Wildman–Crippen MR) is 76.0 cm³/mol. The average molecular weight is 273 g/mol. The second-order valence-electron chi connectivity index (χ2n) is 6.09. The van der Waals surface area contributed by atoms with Gasteiger partial charge in [-0.25, -0.2) is 9.67 Å². The molecule has 0 spiro atoms. The summed E-state index contributed by atoms with van der Waals surface area (Å²) < 4.78 is 1.97. The minimum absolute atomic E-state index is 0.441. The summed E-state index contributed by atoms with van der Waals surface area (Å²) in [5.74, 6) is 2.36. The number of nitriles is 1. The van der Waals surface area contributed by atoms with Crippen molar-refractivity contribution in [3.05, 3.63) is 11.6 Å². The third-order valence-electron chi connectivity index (χ3n) is 4.34. The molecule has 0 saturated heterocycles. The van der Waals surface area contributed by atoms with Crippen molar-refractivity contribution in [2.24, 2.45) is 5.92 Å². The second-order valence-corrected chi connectivity index (χ2v) is 6.09. The highest BCUT2D eigenvalue weighted by Gasteiger charge is 2.49. The van der Waals surface area contributed by atoms with E-state index in [2.05, 4.69) is 35.3 Å². The molecule has 108 valence electrons. The molecule has 2 saturated carbocycles. The molecule has 0 bridgehead atoms. The number of hydrogen-bond acceptors (Lipinski definition) is 4. The smallest absolute Gasteiger partial charge is 0.150 e. The highest BCUT2D eigenvalue weighted by atomic mass is 15.4. The minimum Gasteiger partial charge on any atom is -0.295 e. The molecule has 1 N–H and O–H groups in total. The Hall–Kier alpha value is -1.41. The minimum atomic E-state index is -0.441. The van der Waals surface area contributed by atoms with Gasteiger partial charge in [0.15, 0.2) is 5.82 Å². The van der Waals surface area contributed by atoms with Crippen LogP contribution in [0.3, 0.4) is 0 Å². The summed E-state index contributed by atoms with van der Waals surface area (Å²) in [4.78, 5) is 4.55. The molecule has 0 radical (unpaired) electrons. The van der Waals surface area contributed by atoms with Gasteiger partial charge in [0.05, 0.1) is 12.6 Å². The molecule has 1 aromatic heterocycles. The van der Waals surface area contributed by atoms with Gasteiger partial charge in [-0.3, -0.25) is 5.32 Å². The quantitative estimate of drug-likeness (QED) is 0.823. The van der Waals surface area contributed by atoms with Gasteiger partial charge in [0.1, 0.15) is 11.4 Å². The van der Waals surface area contributed by atoms with E-state index in [-0.39, 0.29) is 0 Å². The molecule has 3 rings (SSSR count). The van der Waals surface area contributed by atoms with Gasteiger partial charge >= 0.3 is 0 Å². The second kappa shape index (κ2) is 5.17. The largest absolute Gasteiger partial charge is 0.295 e. The molecule has 1 atom stereocenters. The van der Waals surface area contributed by atoms with Crippen LogP contribution >= 0.6 is 0 Å². The Kier molecular flexibility index (Phi) is 3.51. The fourth-order valence-electron chi connectivity index (χ4n) is 2.82. The molecule has 1 unspecified atom stereocenters. The van der Waals surface area contributed by atoms with Crippen molar-refractivity contribution in [1.29, 1.82) is 5.26 Å². The number of rotatable bonds is 7. The van der Waals surface area contributed by atoms with E-state index < -0.39 is 5.54 Å². The molecule has 0 aromatic carbocycles. The SMILES string of the molecule is CCc1nc(CC)n(CC(C#N)(NC2CC2)C2CC2)n1. The van der Waals surface area contributed by atoms with Crippen LogP contribution in [0, 0.1) is 17.2 Å². The van der Waals surface area contributed by atoms with Crippen LogP contribution in [0.5, 0.6) is 0 Å². The summed E-state index contributed by atoms with van der Waals surface area (Å²) in [6, 6.07) is 3.11. The Labute approximate surface area is 120 Å². The monoisotopic (exact) mass is 273 g/mol. The first kappa shape index (κ1) is 13.6. The van der Waals surface area contributed by atoms with Crippen molar-refractivity contribution in [3.63, 3.8) is 0 Å². The van der Waals surface area contributed by atoms with E-state index in [1.165, 1.54) is 12.8 Å². The lowest BCUT2D eigenvalue weighted by atomic mass is 9.94. The maximum atomic E-state index is 9.78. The Morgan fingerprint density at radius 2 is 2.05 bits per heavy atom. The standard InChI is InChI=1S/C15H23N5/c1-3-13-17-14(4-2)20(19-13)10-15(9-16,11-5-6-11)18-12-7-8-12/h11-12,18H,3-8,10H2,1-2H3. The molecule has 2 aliphatic rings. The van der Waals surface area contributed by atoms with Gasteiger partial charge in [0.2, 0.25) is 0 Å². The van der Waals surface area contributed by atoms with Crippen LogP contribution in [-0.2, 0) is 19.4 Å². The third kappa shape index (κ3) is 2.57. The van der Waals surface area contributed by atoms with Crippen molar-refractivity contribution >= 4 is 0 Å². The van der Waals surface area contributed by atoms with E-state index in [9.17, 15) is 5.26 Å². The summed E-state index contributed by atoms with van der Waals surface area (Å²) in [5.41, 5.74) is -0.441. The molecule has 1 aromatic rings. The lowest BCUT2D eigenvalue weighted by Gasteiger charge is -2.28. The van der Waals surface area contributed by atoms with Crippen LogP contribution in [-0.4, -0.2) is 26.3 Å². The molecule has 0 amide bonds. The molecule has 2 aliphatic carbocycles. The molecular weight excluding hydrogens is 250 g/mol. The first-order chi connectivity index (χ1) is 9.70. The van der Waals surface area contributed by atoms with E-state index in [0.717, 1.165) is 37.3 Å². The number of nitrogens with zero attached hydrogens (tertiary/aromatic N) is 4. The summed E-state index contributed by atoms with van der Waals surface area (Å²) >= 11 is 0. The fourth-order valence-corrected chi connectivity index (χ4v) is 2.82. The average Bonchev–Trinajstić information content (AvgIpc) is 3.36. The van der Waals surface area contributed by atoms with Gasteiger partial charge in [-0.1, -0.05) is 13.8 Å². The van der Waals surface area contributed by atoms with Crippen LogP contribution < -0.4 is 5.32 Å². The van der Waals surface area contributed by atoms with Gasteiger partial charge < -0.3 is 0 Å². The van der Waals surface area contributed by atoms with Gasteiger partial charge in [-0.2, -0.15) is 10.4 Å². The van der Waals surface area contributed by atoms with Crippen LogP contribution in [0.4, 0.5) is 0 Å². The number of hydrogen-bond donors (Lipinski definition) is 1. The van der Waals surface area contributed by atoms with Crippen LogP contribution in [0.2, 0.25) is 0 Å². The zero-order valence-electron chi connectivity index (χ0n) is 12.4. The summed E-state index contributed by atoms with van der Waals surface area (Å²) in [7, 11) is 0. The molecular formula is C15H23N5. The lowest BCUT2D eigenvalue weighted by Crippen LogP contribution is -2.51. The van der Waals surface area contributed by atoms with E-state index in [1.807, 2.05) is 4.68 Å². The van der Waals surface area contributed by atoms with Crippen molar-refractivity contribution in [2.45, 2.75) is 70.5 Å². The van der Waals surface area contributed by atoms with Gasteiger partial charge in [-0.05, 0) is 31.6 Å². The lowest BCUT2D eigenvalue weighted by molar-refractivity contribution is 0.297. The molecule has 0 aliphatic heterocycles. The van der Waals surface area contributed by atoms with E-state index in [4.69, 9.17) is 0 Å². The zero-order chi connectivity index (χ0) is 14.2. The number of aryl methyl sites for hydroxylation is 2. The Balaban J connectivity index is 1.85. The first-order valence-electron chi connectivity index (χ1n) is 7.82. The third-order valence-corrected chi connectivity index (χ3v) is 4.34. The van der Waals surface area contributed by atoms with Gasteiger partial charge in [0.25, 0.3) is 0 Å². The number of nitrogens with one attached hydrogen (secondary N) is 1. The summed E-state index contributed by atoms with van der Waals surface area (Å²) in [6.45, 7) is 4.81. The van der Waals surface area contributed by atoms with Crippen molar-refractivity contribution in [2.75, 3.05) is 0 Å². The van der Waals surface area contributed by atoms with Crippen LogP contribution in [0.25, 0.3) is 0 Å². The van der Waals surface area contributed by atoms with E-state index in [0.29, 0.717) is 18.5 Å². The molecule has 5 heteroatoms. The van der Waals surface area contributed by atoms with Gasteiger partial charge in [0, 0.05) is 18.9 Å². The van der Waals surface area contributed by atoms with Gasteiger partial charge in [-0.15, -0.1) is 0 Å². The molecule has 5 nitrogen and oxygen atoms in total. The molecule has 2 fully saturated rings. The topological polar surface area (TPSA) is 66.5 Å². The highest BCUT2D eigenvalue weighted by Crippen LogP contribution is 2.42. The van der Waals surface area contributed by atoms with Crippen molar-refractivity contribution in [1.82, 2.24) is 20.1 Å². The van der Waals surface area contributed by atoms with E-state index >= 15 is 0 Å². The number of aromatic nitrogens is 3. The van der Waals surface area contributed by atoms with Crippen LogP contribution in [0.1, 0.15) is 51.2 Å². The summed E-state index contributed by atoms with van der Waals surface area (Å²) in [6.07, 6.45) is 6.43. The van der Waals surface area contributed by atoms with E-state index in [1.54, 1.807) is 0 Å². The zero-order valence-corrected chi connectivity index (χ0v) is 12.4. The summed E-state index contributed by atoms with van der Waals surface area (Å²) in [5, 5.41) is 18.0. The predicted octanol–water partition coefficient (Wildman–Crippen LogP) is 1.83. The van der Waals surface area contributed by atoms with Crippen molar-refractivity contribution < 1.29 is 0 Å². The first-order valence-corrected chi connectivity index (χ1v) is 7.82. The Morgan fingerprint density at radius 1 is 1.30 bits per heavy atom. The molecule has 20 heavy (non-hydrogen) atoms. The Bertz CT molecular complexity index is 521. The highest BCUT2D eigenvalue weighted by molar-refractivity contribution is 5.17. The molecule has 1 heterocycles. The van der Waals surface area contributed by atoms with Crippen LogP contribution in [0.15, 0.2) is 0 Å². The maximum Gasteiger partial charge on any atom is 0.150 e. The fraction of sp³-hybridized carbons (Fsp3) is 0.800. The maximum absolute atomic E-state index is 9.78. The van der Waals surface area contributed by atoms with Crippen molar-refractivity contribution in [3.8, 4) is 6.07 Å². The Morgan fingerprint density at radius 3 is 2.55 bits per heavy atom.